The van der Waals surface area contributed by atoms with E-state index in [9.17, 15) is 0 Å². The number of hydrogen-bond acceptors (Lipinski definition) is 5. The van der Waals surface area contributed by atoms with Gasteiger partial charge in [-0.3, -0.25) is 5.10 Å². The van der Waals surface area contributed by atoms with Gasteiger partial charge in [-0.1, -0.05) is 0 Å². The largest absolute Gasteiger partial charge is 0.396 e. The van der Waals surface area contributed by atoms with Crippen LogP contribution in [0.2, 0.25) is 5.28 Å². The zero-order chi connectivity index (χ0) is 11.5. The molecule has 0 bridgehead atoms. The van der Waals surface area contributed by atoms with Gasteiger partial charge in [0.25, 0.3) is 0 Å². The van der Waals surface area contributed by atoms with Crippen LogP contribution in [-0.4, -0.2) is 37.9 Å². The number of nitrogens with one attached hydrogen (secondary N) is 2. The summed E-state index contributed by atoms with van der Waals surface area (Å²) in [5.74, 6) is 0.629. The number of aliphatic hydroxyl groups excluding tert-OH is 1. The van der Waals surface area contributed by atoms with E-state index in [1.54, 1.807) is 6.20 Å². The maximum absolute atomic E-state index is 8.83. The molecular weight excluding hydrogens is 230 g/mol. The Kier molecular flexibility index (Phi) is 3.21. The highest BCUT2D eigenvalue weighted by Crippen LogP contribution is 2.20. The normalized spacial score (nSPS) is 12.9. The molecule has 6 nitrogen and oxygen atoms in total. The van der Waals surface area contributed by atoms with Gasteiger partial charge in [-0.05, 0) is 24.9 Å². The van der Waals surface area contributed by atoms with Crippen molar-refractivity contribution in [2.75, 3.05) is 11.9 Å². The summed E-state index contributed by atoms with van der Waals surface area (Å²) in [6.07, 6.45) is 2.28. The summed E-state index contributed by atoms with van der Waals surface area (Å²) in [6, 6.07) is 0.106. The summed E-state index contributed by atoms with van der Waals surface area (Å²) >= 11 is 5.78. The minimum Gasteiger partial charge on any atom is -0.396 e. The smallest absolute Gasteiger partial charge is 0.226 e. The van der Waals surface area contributed by atoms with Gasteiger partial charge in [0.15, 0.2) is 5.65 Å². The molecule has 0 fully saturated rings. The molecule has 0 amide bonds. The standard InChI is InChI=1S/C9H12ClN5O/c1-5(2-3-16)12-7-6-4-11-15-8(6)14-9(10)13-7/h4-5,16H,2-3H2,1H3,(H2,11,12,13,14,15). The van der Waals surface area contributed by atoms with Gasteiger partial charge in [0.1, 0.15) is 5.82 Å². The summed E-state index contributed by atoms with van der Waals surface area (Å²) in [5.41, 5.74) is 0.596. The molecule has 2 heterocycles. The van der Waals surface area contributed by atoms with Crippen LogP contribution in [0.15, 0.2) is 6.20 Å². The first-order valence-corrected chi connectivity index (χ1v) is 5.32. The van der Waals surface area contributed by atoms with E-state index < -0.39 is 0 Å². The number of fused-ring (bicyclic) bond motifs is 1. The van der Waals surface area contributed by atoms with Crippen LogP contribution < -0.4 is 5.32 Å². The van der Waals surface area contributed by atoms with E-state index >= 15 is 0 Å². The maximum atomic E-state index is 8.83. The number of halogens is 1. The molecule has 7 heteroatoms. The van der Waals surface area contributed by atoms with Crippen LogP contribution in [-0.2, 0) is 0 Å². The first-order valence-electron chi connectivity index (χ1n) is 4.94. The van der Waals surface area contributed by atoms with Crippen LogP contribution in [0.3, 0.4) is 0 Å². The molecule has 16 heavy (non-hydrogen) atoms. The van der Waals surface area contributed by atoms with Crippen molar-refractivity contribution in [2.45, 2.75) is 19.4 Å². The molecular formula is C9H12ClN5O. The summed E-state index contributed by atoms with van der Waals surface area (Å²) in [5, 5.41) is 19.5. The third kappa shape index (κ3) is 2.23. The Balaban J connectivity index is 2.31. The second-order valence-electron chi connectivity index (χ2n) is 3.53. The minimum absolute atomic E-state index is 0.106. The average Bonchev–Trinajstić information content (AvgIpc) is 2.65. The highest BCUT2D eigenvalue weighted by molar-refractivity contribution is 6.28. The van der Waals surface area contributed by atoms with Crippen molar-refractivity contribution in [2.24, 2.45) is 0 Å². The number of aliphatic hydroxyl groups is 1. The fraction of sp³-hybridized carbons (Fsp3) is 0.444. The number of rotatable bonds is 4. The van der Waals surface area contributed by atoms with E-state index in [1.165, 1.54) is 0 Å². The molecule has 0 aliphatic heterocycles. The van der Waals surface area contributed by atoms with Gasteiger partial charge in [0.05, 0.1) is 11.6 Å². The molecule has 0 aliphatic rings. The van der Waals surface area contributed by atoms with E-state index in [2.05, 4.69) is 25.5 Å². The number of nitrogens with zero attached hydrogens (tertiary/aromatic N) is 3. The number of H-pyrrole nitrogens is 1. The zero-order valence-corrected chi connectivity index (χ0v) is 9.49. The molecule has 3 N–H and O–H groups in total. The van der Waals surface area contributed by atoms with Gasteiger partial charge in [-0.15, -0.1) is 0 Å². The Morgan fingerprint density at radius 3 is 3.12 bits per heavy atom. The summed E-state index contributed by atoms with van der Waals surface area (Å²) in [4.78, 5) is 8.09. The third-order valence-electron chi connectivity index (χ3n) is 2.23. The van der Waals surface area contributed by atoms with Crippen molar-refractivity contribution in [3.63, 3.8) is 0 Å². The highest BCUT2D eigenvalue weighted by atomic mass is 35.5. The highest BCUT2D eigenvalue weighted by Gasteiger charge is 2.10. The van der Waals surface area contributed by atoms with E-state index in [4.69, 9.17) is 16.7 Å². The molecule has 0 saturated carbocycles. The Morgan fingerprint density at radius 1 is 1.56 bits per heavy atom. The number of aromatic nitrogens is 4. The van der Waals surface area contributed by atoms with Crippen molar-refractivity contribution in [1.29, 1.82) is 0 Å². The topological polar surface area (TPSA) is 86.7 Å². The van der Waals surface area contributed by atoms with Gasteiger partial charge in [-0.2, -0.15) is 15.1 Å². The van der Waals surface area contributed by atoms with Crippen LogP contribution in [0.1, 0.15) is 13.3 Å². The molecule has 2 aromatic rings. The molecule has 1 atom stereocenters. The molecule has 0 aliphatic carbocycles. The monoisotopic (exact) mass is 241 g/mol. The first kappa shape index (κ1) is 11.1. The predicted octanol–water partition coefficient (Wildman–Crippen LogP) is 1.19. The Labute approximate surface area is 97.1 Å². The van der Waals surface area contributed by atoms with Crippen molar-refractivity contribution < 1.29 is 5.11 Å². The Morgan fingerprint density at radius 2 is 2.38 bits per heavy atom. The minimum atomic E-state index is 0.106. The summed E-state index contributed by atoms with van der Waals surface area (Å²) in [6.45, 7) is 2.08. The third-order valence-corrected chi connectivity index (χ3v) is 2.40. The number of aromatic amines is 1. The van der Waals surface area contributed by atoms with Crippen molar-refractivity contribution in [3.05, 3.63) is 11.5 Å². The van der Waals surface area contributed by atoms with Gasteiger partial charge >= 0.3 is 0 Å². The van der Waals surface area contributed by atoms with E-state index in [-0.39, 0.29) is 17.9 Å². The predicted molar refractivity (Wildman–Crippen MR) is 61.5 cm³/mol. The molecule has 2 aromatic heterocycles. The van der Waals surface area contributed by atoms with Gasteiger partial charge in [0, 0.05) is 12.6 Å². The molecule has 86 valence electrons. The molecule has 0 saturated heterocycles. The van der Waals surface area contributed by atoms with E-state index in [0.29, 0.717) is 17.9 Å². The molecule has 2 rings (SSSR count). The lowest BCUT2D eigenvalue weighted by atomic mass is 10.2. The van der Waals surface area contributed by atoms with Crippen LogP contribution in [0.4, 0.5) is 5.82 Å². The second kappa shape index (κ2) is 4.63. The lowest BCUT2D eigenvalue weighted by molar-refractivity contribution is 0.282. The van der Waals surface area contributed by atoms with Crippen LogP contribution >= 0.6 is 11.6 Å². The zero-order valence-electron chi connectivity index (χ0n) is 8.74. The van der Waals surface area contributed by atoms with Crippen molar-refractivity contribution in [1.82, 2.24) is 20.2 Å². The second-order valence-corrected chi connectivity index (χ2v) is 3.87. The van der Waals surface area contributed by atoms with Gasteiger partial charge in [0.2, 0.25) is 5.28 Å². The van der Waals surface area contributed by atoms with Gasteiger partial charge in [-0.25, -0.2) is 0 Å². The average molecular weight is 242 g/mol. The number of anilines is 1. The Hall–Kier alpha value is -1.40. The quantitative estimate of drug-likeness (QED) is 0.700. The van der Waals surface area contributed by atoms with Crippen LogP contribution in [0.25, 0.3) is 11.0 Å². The van der Waals surface area contributed by atoms with Crippen molar-refractivity contribution >= 4 is 28.5 Å². The maximum Gasteiger partial charge on any atom is 0.226 e. The van der Waals surface area contributed by atoms with E-state index in [0.717, 1.165) is 5.39 Å². The lowest BCUT2D eigenvalue weighted by Crippen LogP contribution is -2.17. The fourth-order valence-electron chi connectivity index (χ4n) is 1.42. The SMILES string of the molecule is CC(CCO)Nc1nc(Cl)nc2[nH]ncc12. The van der Waals surface area contributed by atoms with Crippen LogP contribution in [0.5, 0.6) is 0 Å². The summed E-state index contributed by atoms with van der Waals surface area (Å²) < 4.78 is 0. The Bertz CT molecular complexity index is 486. The summed E-state index contributed by atoms with van der Waals surface area (Å²) in [7, 11) is 0. The van der Waals surface area contributed by atoms with Gasteiger partial charge < -0.3 is 10.4 Å². The number of hydrogen-bond donors (Lipinski definition) is 3. The van der Waals surface area contributed by atoms with Crippen molar-refractivity contribution in [3.8, 4) is 0 Å². The lowest BCUT2D eigenvalue weighted by Gasteiger charge is -2.13. The molecule has 0 aromatic carbocycles. The van der Waals surface area contributed by atoms with E-state index in [1.807, 2.05) is 6.92 Å². The first-order chi connectivity index (χ1) is 7.70. The molecule has 0 radical (unpaired) electrons. The van der Waals surface area contributed by atoms with Crippen LogP contribution in [0, 0.1) is 0 Å². The molecule has 0 spiro atoms. The fourth-order valence-corrected chi connectivity index (χ4v) is 1.59. The molecule has 1 unspecified atom stereocenters.